The van der Waals surface area contributed by atoms with Crippen molar-refractivity contribution in [2.24, 2.45) is 5.73 Å². The lowest BCUT2D eigenvalue weighted by atomic mass is 10.1. The first kappa shape index (κ1) is 19.4. The SMILES string of the molecule is [2H]NCCC(=O)N[C@@H](CCC(=O)OC(C)(C)C)C(=O)OC(C)(C)C. The summed E-state index contributed by atoms with van der Waals surface area (Å²) in [6, 6.07) is -0.935. The van der Waals surface area contributed by atoms with Crippen LogP contribution in [0.15, 0.2) is 0 Å². The molecule has 0 rings (SSSR count). The fraction of sp³-hybridized carbons (Fsp3) is 0.812. The maximum Gasteiger partial charge on any atom is 0.329 e. The summed E-state index contributed by atoms with van der Waals surface area (Å²) < 4.78 is 17.3. The Bertz CT molecular complexity index is 441. The van der Waals surface area contributed by atoms with E-state index in [2.05, 4.69) is 11.0 Å². The third-order valence-electron chi connectivity index (χ3n) is 2.44. The Morgan fingerprint density at radius 2 is 1.61 bits per heavy atom. The largest absolute Gasteiger partial charge is 0.460 e. The molecule has 0 unspecified atom stereocenters. The average Bonchev–Trinajstić information content (AvgIpc) is 2.36. The highest BCUT2D eigenvalue weighted by Gasteiger charge is 2.28. The summed E-state index contributed by atoms with van der Waals surface area (Å²) in [4.78, 5) is 35.8. The first-order valence-corrected chi connectivity index (χ1v) is 7.73. The summed E-state index contributed by atoms with van der Waals surface area (Å²) in [5.74, 6) is -1.44. The van der Waals surface area contributed by atoms with Gasteiger partial charge < -0.3 is 20.5 Å². The molecule has 0 saturated carbocycles. The predicted octanol–water partition coefficient (Wildman–Crippen LogP) is 1.28. The van der Waals surface area contributed by atoms with Crippen LogP contribution < -0.4 is 11.0 Å². The molecule has 1 atom stereocenters. The zero-order valence-electron chi connectivity index (χ0n) is 15.9. The van der Waals surface area contributed by atoms with Crippen LogP contribution in [-0.4, -0.2) is 41.6 Å². The van der Waals surface area contributed by atoms with Crippen molar-refractivity contribution >= 4 is 17.8 Å². The number of nitrogens with one attached hydrogen (secondary N) is 1. The molecular formula is C16H30N2O5. The first-order valence-electron chi connectivity index (χ1n) is 8.23. The molecule has 0 fully saturated rings. The van der Waals surface area contributed by atoms with E-state index in [4.69, 9.17) is 10.9 Å². The summed E-state index contributed by atoms with van der Waals surface area (Å²) in [6.07, 6.45) is 0.122. The van der Waals surface area contributed by atoms with Crippen LogP contribution in [0.3, 0.4) is 0 Å². The maximum absolute atomic E-state index is 12.2. The number of amides is 1. The van der Waals surface area contributed by atoms with Crippen molar-refractivity contribution in [2.75, 3.05) is 6.54 Å². The number of hydrogen-bond acceptors (Lipinski definition) is 6. The van der Waals surface area contributed by atoms with E-state index < -0.39 is 35.1 Å². The molecule has 0 spiro atoms. The number of nitrogens with two attached hydrogens (primary N) is 1. The molecule has 0 aliphatic heterocycles. The molecule has 0 bridgehead atoms. The third-order valence-corrected chi connectivity index (χ3v) is 2.44. The Labute approximate surface area is 139 Å². The molecule has 0 aromatic carbocycles. The van der Waals surface area contributed by atoms with Gasteiger partial charge in [-0.1, -0.05) is 0 Å². The van der Waals surface area contributed by atoms with Crippen LogP contribution >= 0.6 is 0 Å². The van der Waals surface area contributed by atoms with Crippen molar-refractivity contribution in [3.05, 3.63) is 0 Å². The van der Waals surface area contributed by atoms with Crippen LogP contribution in [0.1, 0.15) is 60.8 Å². The molecule has 0 aromatic rings. The van der Waals surface area contributed by atoms with Gasteiger partial charge in [-0.2, -0.15) is 0 Å². The topological polar surface area (TPSA) is 108 Å². The monoisotopic (exact) mass is 331 g/mol. The Morgan fingerprint density at radius 3 is 2.09 bits per heavy atom. The molecular weight excluding hydrogens is 300 g/mol. The molecule has 0 aliphatic carbocycles. The van der Waals surface area contributed by atoms with Gasteiger partial charge in [-0.3, -0.25) is 9.59 Å². The summed E-state index contributed by atoms with van der Waals surface area (Å²) in [6.45, 7) is 10.6. The highest BCUT2D eigenvalue weighted by molar-refractivity contribution is 5.85. The lowest BCUT2D eigenvalue weighted by molar-refractivity contribution is -0.160. The maximum atomic E-state index is 12.2. The van der Waals surface area contributed by atoms with Crippen molar-refractivity contribution < 1.29 is 25.3 Å². The average molecular weight is 331 g/mol. The number of carbonyl (C=O) groups excluding carboxylic acids is 3. The summed E-state index contributed by atoms with van der Waals surface area (Å²) in [5.41, 5.74) is 0.805. The molecule has 0 radical (unpaired) electrons. The van der Waals surface area contributed by atoms with Crippen LogP contribution in [-0.2, 0) is 23.9 Å². The van der Waals surface area contributed by atoms with Crippen molar-refractivity contribution in [1.82, 2.24) is 5.32 Å². The Hall–Kier alpha value is -1.63. The smallest absolute Gasteiger partial charge is 0.329 e. The fourth-order valence-electron chi connectivity index (χ4n) is 1.66. The zero-order chi connectivity index (χ0) is 19.0. The van der Waals surface area contributed by atoms with Gasteiger partial charge in [0.15, 0.2) is 0 Å². The van der Waals surface area contributed by atoms with Gasteiger partial charge in [0.25, 0.3) is 0 Å². The lowest BCUT2D eigenvalue weighted by Gasteiger charge is -2.25. The van der Waals surface area contributed by atoms with Crippen molar-refractivity contribution in [3.63, 3.8) is 0 Å². The molecule has 1 amide bonds. The van der Waals surface area contributed by atoms with Gasteiger partial charge in [-0.25, -0.2) is 4.79 Å². The van der Waals surface area contributed by atoms with Gasteiger partial charge in [0.1, 0.15) is 18.7 Å². The highest BCUT2D eigenvalue weighted by atomic mass is 16.6. The molecule has 134 valence electrons. The molecule has 0 aliphatic rings. The number of esters is 2. The van der Waals surface area contributed by atoms with Crippen LogP contribution in [0.5, 0.6) is 0 Å². The quantitative estimate of drug-likeness (QED) is 0.649. The second-order valence-corrected chi connectivity index (χ2v) is 7.28. The van der Waals surface area contributed by atoms with Gasteiger partial charge in [0.05, 0.1) is 0 Å². The van der Waals surface area contributed by atoms with E-state index in [-0.39, 0.29) is 25.8 Å². The number of carbonyl (C=O) groups is 3. The van der Waals surface area contributed by atoms with Crippen LogP contribution in [0.4, 0.5) is 0 Å². The Kier molecular flexibility index (Phi) is 7.48. The Morgan fingerprint density at radius 1 is 1.04 bits per heavy atom. The van der Waals surface area contributed by atoms with E-state index in [0.717, 1.165) is 0 Å². The van der Waals surface area contributed by atoms with Crippen LogP contribution in [0.25, 0.3) is 0 Å². The van der Waals surface area contributed by atoms with Gasteiger partial charge >= 0.3 is 11.9 Å². The van der Waals surface area contributed by atoms with Gasteiger partial charge in [-0.15, -0.1) is 0 Å². The zero-order valence-corrected chi connectivity index (χ0v) is 14.9. The summed E-state index contributed by atoms with van der Waals surface area (Å²) in [5, 5.41) is 2.55. The minimum absolute atomic E-state index is 0.0157. The summed E-state index contributed by atoms with van der Waals surface area (Å²) >= 11 is 0. The molecule has 7 heteroatoms. The second-order valence-electron chi connectivity index (χ2n) is 7.28. The molecule has 23 heavy (non-hydrogen) atoms. The van der Waals surface area contributed by atoms with E-state index >= 15 is 0 Å². The van der Waals surface area contributed by atoms with Crippen LogP contribution in [0.2, 0.25) is 1.41 Å². The third kappa shape index (κ3) is 11.6. The van der Waals surface area contributed by atoms with Gasteiger partial charge in [0.2, 0.25) is 5.91 Å². The molecule has 3 N–H and O–H groups in total. The van der Waals surface area contributed by atoms with Crippen molar-refractivity contribution in [2.45, 2.75) is 78.0 Å². The number of rotatable bonds is 8. The fourth-order valence-corrected chi connectivity index (χ4v) is 1.66. The predicted molar refractivity (Wildman–Crippen MR) is 86.5 cm³/mol. The minimum atomic E-state index is -0.935. The highest BCUT2D eigenvalue weighted by Crippen LogP contribution is 2.13. The van der Waals surface area contributed by atoms with E-state index in [1.54, 1.807) is 41.5 Å². The molecule has 0 saturated heterocycles. The van der Waals surface area contributed by atoms with E-state index in [1.807, 2.05) is 0 Å². The number of ether oxygens (including phenoxy) is 2. The molecule has 0 heterocycles. The minimum Gasteiger partial charge on any atom is -0.460 e. The molecule has 7 nitrogen and oxygen atoms in total. The van der Waals surface area contributed by atoms with E-state index in [1.165, 1.54) is 0 Å². The van der Waals surface area contributed by atoms with Gasteiger partial charge in [-0.05, 0) is 48.0 Å². The standard InChI is InChI=1S/C16H30N2O5/c1-15(2,3)22-13(20)8-7-11(18-12(19)9-10-17)14(21)23-16(4,5)6/h11H,7-10,17H2,1-6H3,(H,18,19)/t11-/m0/s1/i/hD. The van der Waals surface area contributed by atoms with Gasteiger partial charge in [0, 0.05) is 19.4 Å². The lowest BCUT2D eigenvalue weighted by Crippen LogP contribution is -2.45. The first-order chi connectivity index (χ1) is 10.8. The molecule has 0 aromatic heterocycles. The van der Waals surface area contributed by atoms with Crippen LogP contribution in [0, 0.1) is 0 Å². The number of hydrogen-bond donors (Lipinski definition) is 2. The Balaban J connectivity index is 4.76. The van der Waals surface area contributed by atoms with Crippen molar-refractivity contribution in [3.8, 4) is 0 Å². The second kappa shape index (κ2) is 8.86. The summed E-state index contributed by atoms with van der Waals surface area (Å²) in [7, 11) is 0. The van der Waals surface area contributed by atoms with E-state index in [0.29, 0.717) is 0 Å². The van der Waals surface area contributed by atoms with Crippen molar-refractivity contribution in [1.29, 1.82) is 0 Å². The van der Waals surface area contributed by atoms with E-state index in [9.17, 15) is 14.4 Å². The normalized spacial score (nSPS) is 13.7.